The van der Waals surface area contributed by atoms with Crippen molar-refractivity contribution in [1.29, 1.82) is 0 Å². The van der Waals surface area contributed by atoms with Crippen LogP contribution in [-0.4, -0.2) is 47.6 Å². The molecule has 0 aliphatic carbocycles. The first-order chi connectivity index (χ1) is 53.9. The third kappa shape index (κ3) is 26.2. The number of thiophene rings is 3. The fourth-order valence-electron chi connectivity index (χ4n) is 13.3. The average Bonchev–Trinajstić information content (AvgIpc) is 1.61. The molecule has 9 nitrogen and oxygen atoms in total. The summed E-state index contributed by atoms with van der Waals surface area (Å²) < 4.78 is 3.64. The minimum atomic E-state index is -0.125. The molecule has 3 radical (unpaired) electrons. The van der Waals surface area contributed by atoms with E-state index in [-0.39, 0.29) is 100 Å². The van der Waals surface area contributed by atoms with Gasteiger partial charge in [0, 0.05) is 112 Å². The van der Waals surface area contributed by atoms with Crippen LogP contribution in [0.5, 0.6) is 0 Å². The number of aliphatic hydroxyl groups excluding tert-OH is 3. The zero-order valence-electron chi connectivity index (χ0n) is 68.0. The van der Waals surface area contributed by atoms with E-state index in [4.69, 9.17) is 30.3 Å². The molecule has 597 valence electrons. The van der Waals surface area contributed by atoms with Crippen LogP contribution in [0.25, 0.3) is 129 Å². The van der Waals surface area contributed by atoms with Crippen LogP contribution in [0, 0.1) is 66.7 Å². The fraction of sp³-hybridized carbons (Fsp3) is 0.168. The minimum absolute atomic E-state index is 0. The second-order valence-corrected chi connectivity index (χ2v) is 32.6. The Morgan fingerprint density at radius 1 is 0.336 bits per heavy atom. The van der Waals surface area contributed by atoms with Gasteiger partial charge in [0.25, 0.3) is 0 Å². The van der Waals surface area contributed by atoms with E-state index >= 15 is 0 Å². The van der Waals surface area contributed by atoms with Crippen molar-refractivity contribution >= 4 is 81.6 Å². The van der Waals surface area contributed by atoms with Crippen molar-refractivity contribution in [1.82, 2.24) is 15.0 Å². The second-order valence-electron chi connectivity index (χ2n) is 29.3. The van der Waals surface area contributed by atoms with Gasteiger partial charge in [-0.2, -0.15) is 0 Å². The van der Waals surface area contributed by atoms with E-state index in [9.17, 15) is 14.4 Å². The first-order valence-corrected chi connectivity index (χ1v) is 39.7. The quantitative estimate of drug-likeness (QED) is 0.0617. The Hall–Kier alpha value is -10.1. The summed E-state index contributed by atoms with van der Waals surface area (Å²) in [4.78, 5) is 48.2. The Morgan fingerprint density at radius 3 is 0.905 bits per heavy atom. The first-order valence-electron chi connectivity index (χ1n) is 37.3. The Bertz CT molecular complexity index is 5870. The van der Waals surface area contributed by atoms with Gasteiger partial charge >= 0.3 is 0 Å². The third-order valence-electron chi connectivity index (χ3n) is 18.1. The molecule has 0 aliphatic rings. The monoisotopic (exact) mass is 2120 g/mol. The molecular weight excluding hydrogens is 2020 g/mol. The van der Waals surface area contributed by atoms with Gasteiger partial charge in [-0.15, -0.1) is 140 Å². The summed E-state index contributed by atoms with van der Waals surface area (Å²) in [6.07, 6.45) is 9.50. The van der Waals surface area contributed by atoms with Gasteiger partial charge in [0.05, 0.1) is 31.4 Å². The Labute approximate surface area is 735 Å². The second kappa shape index (κ2) is 43.2. The predicted octanol–water partition coefficient (Wildman–Crippen LogP) is 27.9. The number of hydrogen-bond acceptors (Lipinski definition) is 12. The summed E-state index contributed by atoms with van der Waals surface area (Å²) in [6.45, 7) is 30.7. The van der Waals surface area contributed by atoms with Gasteiger partial charge in [0.15, 0.2) is 17.3 Å². The van der Waals surface area contributed by atoms with Crippen molar-refractivity contribution in [3.8, 4) is 98.5 Å². The molecule has 0 spiro atoms. The van der Waals surface area contributed by atoms with Crippen molar-refractivity contribution in [2.45, 2.75) is 116 Å². The van der Waals surface area contributed by atoms with E-state index in [1.807, 2.05) is 77.7 Å². The fourth-order valence-corrected chi connectivity index (χ4v) is 16.7. The molecule has 116 heavy (non-hydrogen) atoms. The number of fused-ring (bicyclic) bond motifs is 3. The van der Waals surface area contributed by atoms with Crippen LogP contribution in [-0.2, 0) is 80.1 Å². The number of allylic oxidation sites excluding steroid dienone is 6. The van der Waals surface area contributed by atoms with E-state index < -0.39 is 0 Å². The van der Waals surface area contributed by atoms with Gasteiger partial charge in [-0.3, -0.25) is 14.4 Å². The molecule has 6 aromatic heterocycles. The number of hydrogen-bond donors (Lipinski definition) is 3. The molecule has 0 saturated heterocycles. The number of pyridine rings is 3. The number of aryl methyl sites for hydroxylation is 7. The SMILES string of the molecule is CC(=O)C=C(C)O.CC(=O)C=C(C)O.CC(=O)C=C(C)O.Cc1cc(C(C)(C)C)cc(C)c1-c1cc2cc(-c3[c-]ccc(-c4ccccc4)c3)ncc2s1.Cc1cc(C)c(-c2cc3cc(-c4[c-]ccc(-c5ccccc5)c4)ncc3s2)c(C)c1.Cc1cc(C)cc(-c2cc3cc(-c4[c-]ccc(-c5ccccc5)c4)ncc3s2)c1.[Ir].[Ir].[Ir]. The maximum Gasteiger partial charge on any atom is 0.155 e. The van der Waals surface area contributed by atoms with E-state index in [0.717, 1.165) is 33.8 Å². The standard InChI is InChI=1S/C31H28NS.C28H22NS.C27H20NS.3C5H8O2.3Ir/c1-20-14-26(31(3,4)5)15-21(2)30(20)28-18-25-17-27(32-19-29(25)33-28)24-13-9-12-23(16-24)22-10-7-6-8-11-22;1-18-12-19(2)28(20(3)13-18)26-16-24-15-25(29-17-27(24)30-26)23-11-7-10-22(14-23)21-8-5-4-6-9-21;1-18-11-19(2)13-23(12-18)26-16-24-15-25(28-17-27(24)29-26)22-10-6-9-21(14-22)20-7-4-3-5-8-20;3*1-4(6)3-5(2)7;;;/h6-12,14-19H,1-5H3;4-10,12-17H,1-3H3;3-9,11-17H,1-2H3;3*3,6H,1-2H3;;;/q3*-1;;;;;;. The van der Waals surface area contributed by atoms with E-state index in [0.29, 0.717) is 0 Å². The molecule has 15 aromatic rings. The van der Waals surface area contributed by atoms with Crippen LogP contribution in [0.2, 0.25) is 0 Å². The predicted molar refractivity (Wildman–Crippen MR) is 477 cm³/mol. The molecular formula is C101H94Ir3N3O6S3-3. The topological polar surface area (TPSA) is 151 Å². The van der Waals surface area contributed by atoms with E-state index in [2.05, 4.69) is 275 Å². The number of aromatic nitrogens is 3. The smallest absolute Gasteiger partial charge is 0.155 e. The zero-order valence-corrected chi connectivity index (χ0v) is 77.6. The van der Waals surface area contributed by atoms with Crippen molar-refractivity contribution < 1.29 is 90.0 Å². The molecule has 0 fully saturated rings. The molecule has 6 heterocycles. The summed E-state index contributed by atoms with van der Waals surface area (Å²) in [5.74, 6) is -0.187. The molecule has 3 N–H and O–H groups in total. The number of nitrogens with zero attached hydrogens (tertiary/aromatic N) is 3. The largest absolute Gasteiger partial charge is 0.512 e. The minimum Gasteiger partial charge on any atom is -0.512 e. The number of carbonyl (C=O) groups excluding carboxylic acids is 3. The number of aliphatic hydroxyl groups is 3. The number of rotatable bonds is 12. The summed E-state index contributed by atoms with van der Waals surface area (Å²) in [7, 11) is 0. The average molecular weight is 2120 g/mol. The Balaban J connectivity index is 0.000000211. The summed E-state index contributed by atoms with van der Waals surface area (Å²) in [5.41, 5.74) is 27.9. The normalized spacial score (nSPS) is 11.1. The molecule has 15 rings (SSSR count). The third-order valence-corrected chi connectivity index (χ3v) is 21.4. The van der Waals surface area contributed by atoms with Crippen LogP contribution in [0.1, 0.15) is 107 Å². The van der Waals surface area contributed by atoms with Gasteiger partial charge in [-0.1, -0.05) is 189 Å². The van der Waals surface area contributed by atoms with Crippen molar-refractivity contribution in [3.05, 3.63) is 341 Å². The van der Waals surface area contributed by atoms with Crippen LogP contribution in [0.3, 0.4) is 0 Å². The maximum absolute atomic E-state index is 10.0. The van der Waals surface area contributed by atoms with Gasteiger partial charge in [-0.25, -0.2) is 0 Å². The Morgan fingerprint density at radius 2 is 0.621 bits per heavy atom. The van der Waals surface area contributed by atoms with Crippen molar-refractivity contribution in [2.75, 3.05) is 0 Å². The Kier molecular flexibility index (Phi) is 34.6. The van der Waals surface area contributed by atoms with Gasteiger partial charge in [0.1, 0.15) is 0 Å². The molecule has 0 atom stereocenters. The van der Waals surface area contributed by atoms with E-state index in [1.54, 1.807) is 11.3 Å². The van der Waals surface area contributed by atoms with Crippen LogP contribution in [0.4, 0.5) is 0 Å². The zero-order chi connectivity index (χ0) is 81.2. The number of carbonyl (C=O) groups is 3. The van der Waals surface area contributed by atoms with Crippen LogP contribution < -0.4 is 0 Å². The van der Waals surface area contributed by atoms with Crippen molar-refractivity contribution in [3.63, 3.8) is 0 Å². The molecule has 15 heteroatoms. The van der Waals surface area contributed by atoms with Crippen LogP contribution >= 0.6 is 34.0 Å². The molecule has 0 bridgehead atoms. The molecule has 0 saturated carbocycles. The maximum atomic E-state index is 10.0. The molecule has 0 amide bonds. The molecule has 9 aromatic carbocycles. The van der Waals surface area contributed by atoms with Gasteiger partial charge in [-0.05, 0) is 208 Å². The summed E-state index contributed by atoms with van der Waals surface area (Å²) in [5, 5.41) is 28.8. The van der Waals surface area contributed by atoms with Gasteiger partial charge in [0.2, 0.25) is 0 Å². The van der Waals surface area contributed by atoms with Crippen molar-refractivity contribution in [2.24, 2.45) is 0 Å². The summed E-state index contributed by atoms with van der Waals surface area (Å²) in [6, 6.07) is 89.6. The van der Waals surface area contributed by atoms with Crippen LogP contribution in [0.15, 0.2) is 279 Å². The van der Waals surface area contributed by atoms with E-state index in [1.165, 1.54) is 199 Å². The number of ketones is 3. The number of benzene rings is 9. The van der Waals surface area contributed by atoms with Gasteiger partial charge < -0.3 is 30.3 Å². The first kappa shape index (κ1) is 93.1. The summed E-state index contributed by atoms with van der Waals surface area (Å²) >= 11 is 5.44. The molecule has 0 unspecified atom stereocenters. The molecule has 0 aliphatic heterocycles.